The summed E-state index contributed by atoms with van der Waals surface area (Å²) >= 11 is 5.95. The second-order valence-corrected chi connectivity index (χ2v) is 6.20. The molecule has 1 aromatic carbocycles. The number of carbonyl (C=O) groups excluding carboxylic acids is 2. The van der Waals surface area contributed by atoms with Gasteiger partial charge in [0.2, 0.25) is 6.23 Å². The van der Waals surface area contributed by atoms with Crippen LogP contribution in [0.1, 0.15) is 35.5 Å². The van der Waals surface area contributed by atoms with E-state index >= 15 is 0 Å². The van der Waals surface area contributed by atoms with Gasteiger partial charge in [0, 0.05) is 22.9 Å². The molecule has 1 amide bonds. The highest BCUT2D eigenvalue weighted by Crippen LogP contribution is 2.38. The lowest BCUT2D eigenvalue weighted by Crippen LogP contribution is -2.31. The summed E-state index contributed by atoms with van der Waals surface area (Å²) in [7, 11) is 0. The minimum absolute atomic E-state index is 0.211. The second kappa shape index (κ2) is 6.38. The predicted molar refractivity (Wildman–Crippen MR) is 96.9 cm³/mol. The molecular weight excluding hydrogens is 354 g/mol. The van der Waals surface area contributed by atoms with E-state index in [-0.39, 0.29) is 12.3 Å². The molecule has 1 atom stereocenters. The number of esters is 1. The molecule has 1 aliphatic rings. The van der Waals surface area contributed by atoms with Crippen molar-refractivity contribution in [3.05, 3.63) is 64.8 Å². The molecule has 1 aliphatic heterocycles. The van der Waals surface area contributed by atoms with E-state index in [2.05, 4.69) is 9.97 Å². The summed E-state index contributed by atoms with van der Waals surface area (Å²) in [4.78, 5) is 34.9. The highest BCUT2D eigenvalue weighted by atomic mass is 35.5. The number of anilines is 1. The van der Waals surface area contributed by atoms with Gasteiger partial charge in [0.25, 0.3) is 5.91 Å². The number of rotatable bonds is 3. The van der Waals surface area contributed by atoms with E-state index in [1.807, 2.05) is 0 Å². The average molecular weight is 368 g/mol. The molecule has 2 aromatic heterocycles. The minimum Gasteiger partial charge on any atom is -0.437 e. The number of nitrogens with zero attached hydrogens (tertiary/aromatic N) is 3. The SMILES string of the molecule is CCC(=O)OC1c2ccccc2C(=O)N1c1ccc2ccc(Cl)nc2n1. The van der Waals surface area contributed by atoms with Gasteiger partial charge in [0.15, 0.2) is 5.65 Å². The van der Waals surface area contributed by atoms with Gasteiger partial charge in [-0.2, -0.15) is 0 Å². The summed E-state index contributed by atoms with van der Waals surface area (Å²) in [5.41, 5.74) is 1.54. The smallest absolute Gasteiger partial charge is 0.307 e. The molecule has 3 aromatic rings. The molecule has 0 radical (unpaired) electrons. The number of hydrogen-bond acceptors (Lipinski definition) is 5. The van der Waals surface area contributed by atoms with Crippen molar-refractivity contribution in [3.8, 4) is 0 Å². The van der Waals surface area contributed by atoms with Crippen molar-refractivity contribution in [1.29, 1.82) is 0 Å². The summed E-state index contributed by atoms with van der Waals surface area (Å²) in [5.74, 6) is -0.322. The van der Waals surface area contributed by atoms with Gasteiger partial charge >= 0.3 is 5.97 Å². The molecule has 4 rings (SSSR count). The third kappa shape index (κ3) is 2.68. The number of carbonyl (C=O) groups is 2. The molecule has 0 spiro atoms. The number of fused-ring (bicyclic) bond motifs is 2. The Kier molecular flexibility index (Phi) is 4.05. The van der Waals surface area contributed by atoms with Crippen LogP contribution in [0, 0.1) is 0 Å². The summed E-state index contributed by atoms with van der Waals surface area (Å²) in [6.07, 6.45) is -0.640. The van der Waals surface area contributed by atoms with Crippen molar-refractivity contribution >= 4 is 40.3 Å². The second-order valence-electron chi connectivity index (χ2n) is 5.81. The number of halogens is 1. The Hall–Kier alpha value is -2.99. The lowest BCUT2D eigenvalue weighted by atomic mass is 10.1. The van der Waals surface area contributed by atoms with Crippen LogP contribution in [0.15, 0.2) is 48.5 Å². The van der Waals surface area contributed by atoms with Gasteiger partial charge in [-0.15, -0.1) is 0 Å². The molecule has 0 bridgehead atoms. The van der Waals surface area contributed by atoms with Gasteiger partial charge in [-0.3, -0.25) is 14.5 Å². The van der Waals surface area contributed by atoms with Crippen LogP contribution in [0.2, 0.25) is 5.15 Å². The number of aromatic nitrogens is 2. The maximum Gasteiger partial charge on any atom is 0.307 e. The zero-order chi connectivity index (χ0) is 18.3. The van der Waals surface area contributed by atoms with Crippen molar-refractivity contribution < 1.29 is 14.3 Å². The molecule has 6 nitrogen and oxygen atoms in total. The minimum atomic E-state index is -0.852. The van der Waals surface area contributed by atoms with E-state index in [1.165, 1.54) is 4.90 Å². The quantitative estimate of drug-likeness (QED) is 0.518. The first-order chi connectivity index (χ1) is 12.6. The van der Waals surface area contributed by atoms with Crippen LogP contribution in [-0.4, -0.2) is 21.8 Å². The Morgan fingerprint density at radius 2 is 1.92 bits per heavy atom. The number of ether oxygens (including phenoxy) is 1. The van der Waals surface area contributed by atoms with Crippen molar-refractivity contribution in [2.24, 2.45) is 0 Å². The Bertz CT molecular complexity index is 1040. The third-order valence-corrected chi connectivity index (χ3v) is 4.40. The molecule has 0 N–H and O–H groups in total. The highest BCUT2D eigenvalue weighted by Gasteiger charge is 2.40. The van der Waals surface area contributed by atoms with Crippen LogP contribution in [0.3, 0.4) is 0 Å². The van der Waals surface area contributed by atoms with Crippen LogP contribution in [0.25, 0.3) is 11.0 Å². The summed E-state index contributed by atoms with van der Waals surface area (Å²) in [6, 6.07) is 14.0. The average Bonchev–Trinajstić information content (AvgIpc) is 2.93. The number of hydrogen-bond donors (Lipinski definition) is 0. The van der Waals surface area contributed by atoms with E-state index < -0.39 is 12.2 Å². The molecule has 7 heteroatoms. The monoisotopic (exact) mass is 367 g/mol. The van der Waals surface area contributed by atoms with Crippen molar-refractivity contribution in [2.45, 2.75) is 19.6 Å². The maximum atomic E-state index is 12.9. The molecule has 0 saturated carbocycles. The normalized spacial score (nSPS) is 16.0. The Morgan fingerprint density at radius 3 is 2.73 bits per heavy atom. The zero-order valence-corrected chi connectivity index (χ0v) is 14.6. The van der Waals surface area contributed by atoms with E-state index in [1.54, 1.807) is 55.5 Å². The van der Waals surface area contributed by atoms with Gasteiger partial charge in [-0.05, 0) is 30.3 Å². The van der Waals surface area contributed by atoms with Crippen LogP contribution >= 0.6 is 11.6 Å². The van der Waals surface area contributed by atoms with E-state index in [4.69, 9.17) is 16.3 Å². The molecule has 0 fully saturated rings. The Balaban J connectivity index is 1.83. The third-order valence-electron chi connectivity index (χ3n) is 4.19. The Morgan fingerprint density at radius 1 is 1.15 bits per heavy atom. The number of amides is 1. The van der Waals surface area contributed by atoms with E-state index in [0.29, 0.717) is 27.7 Å². The molecular formula is C19H14ClN3O3. The molecule has 26 heavy (non-hydrogen) atoms. The van der Waals surface area contributed by atoms with Gasteiger partial charge in [-0.25, -0.2) is 9.97 Å². The van der Waals surface area contributed by atoms with Crippen LogP contribution in [0.4, 0.5) is 5.82 Å². The predicted octanol–water partition coefficient (Wildman–Crippen LogP) is 3.90. The first kappa shape index (κ1) is 16.5. The zero-order valence-electron chi connectivity index (χ0n) is 13.8. The van der Waals surface area contributed by atoms with Gasteiger partial charge < -0.3 is 4.74 Å². The van der Waals surface area contributed by atoms with Gasteiger partial charge in [0.05, 0.1) is 0 Å². The fraction of sp³-hybridized carbons (Fsp3) is 0.158. The van der Waals surface area contributed by atoms with Gasteiger partial charge in [0.1, 0.15) is 11.0 Å². The summed E-state index contributed by atoms with van der Waals surface area (Å²) < 4.78 is 5.54. The van der Waals surface area contributed by atoms with Crippen LogP contribution in [-0.2, 0) is 9.53 Å². The van der Waals surface area contributed by atoms with E-state index in [0.717, 1.165) is 5.39 Å². The van der Waals surface area contributed by atoms with Crippen LogP contribution < -0.4 is 4.90 Å². The fourth-order valence-electron chi connectivity index (χ4n) is 2.93. The number of benzene rings is 1. The summed E-state index contributed by atoms with van der Waals surface area (Å²) in [5, 5.41) is 1.11. The lowest BCUT2D eigenvalue weighted by Gasteiger charge is -2.24. The lowest BCUT2D eigenvalue weighted by molar-refractivity contribution is -0.148. The summed E-state index contributed by atoms with van der Waals surface area (Å²) in [6.45, 7) is 1.70. The Labute approximate surface area is 154 Å². The van der Waals surface area contributed by atoms with Crippen LogP contribution in [0.5, 0.6) is 0 Å². The topological polar surface area (TPSA) is 72.4 Å². The fourth-order valence-corrected chi connectivity index (χ4v) is 3.07. The maximum absolute atomic E-state index is 12.9. The molecule has 1 unspecified atom stereocenters. The van der Waals surface area contributed by atoms with Gasteiger partial charge in [-0.1, -0.05) is 36.7 Å². The number of pyridine rings is 2. The van der Waals surface area contributed by atoms with E-state index in [9.17, 15) is 9.59 Å². The standard InChI is InChI=1S/C19H14ClN3O3/c1-2-16(24)26-19-13-6-4-3-5-12(13)18(25)23(19)15-10-8-11-7-9-14(20)21-17(11)22-15/h3-10,19H,2H2,1H3. The first-order valence-corrected chi connectivity index (χ1v) is 8.51. The van der Waals surface area contributed by atoms with Crippen molar-refractivity contribution in [3.63, 3.8) is 0 Å². The highest BCUT2D eigenvalue weighted by molar-refractivity contribution is 6.29. The van der Waals surface area contributed by atoms with Crippen molar-refractivity contribution in [2.75, 3.05) is 4.90 Å². The first-order valence-electron chi connectivity index (χ1n) is 8.13. The largest absolute Gasteiger partial charge is 0.437 e. The molecule has 0 aliphatic carbocycles. The van der Waals surface area contributed by atoms with Crippen molar-refractivity contribution in [1.82, 2.24) is 9.97 Å². The molecule has 130 valence electrons. The molecule has 3 heterocycles. The molecule has 0 saturated heterocycles.